The number of benzene rings is 6. The predicted molar refractivity (Wildman–Crippen MR) is 293 cm³/mol. The van der Waals surface area contributed by atoms with Gasteiger partial charge in [0.25, 0.3) is 0 Å². The first-order valence-electron chi connectivity index (χ1n) is 25.5. The zero-order valence-corrected chi connectivity index (χ0v) is 43.7. The van der Waals surface area contributed by atoms with Crippen LogP contribution in [0, 0.1) is 5.41 Å². The lowest BCUT2D eigenvalue weighted by atomic mass is 9.74. The molecule has 3 atom stereocenters. The summed E-state index contributed by atoms with van der Waals surface area (Å²) in [5.41, 5.74) is 9.64. The summed E-state index contributed by atoms with van der Waals surface area (Å²) in [6.07, 6.45) is 4.70. The highest BCUT2D eigenvalue weighted by atomic mass is 16.2. The quantitative estimate of drug-likeness (QED) is 0.103. The van der Waals surface area contributed by atoms with Crippen molar-refractivity contribution in [3.8, 4) is 33.4 Å². The standard InChI is InChI=1S/C24H29NO2.C20H21BNO2.C19H21NO/c1-23(2,3)22(27)25-20(15-16-21(25)26)24(4,5)19-13-11-18(12-14-19)17-9-7-6-8-10-17;1-20(2,18-12-13-19(24)22(18)21-14-23)17-10-8-16(9-11-17)15-6-4-3-5-7-15;1-19(2,17-12-13-18(21)20-17)16-10-8-15(9-11-16)14-6-4-3-5-7-14/h6-14,20H,15-16H2,1-5H3;3-11,14,18H,12-13H2,1-2H3;3-11,17H,12-13H2,1-2H3,(H,20,21). The molecule has 6 aromatic carbocycles. The molecule has 3 aliphatic rings. The maximum absolute atomic E-state index is 12.9. The van der Waals surface area contributed by atoms with E-state index >= 15 is 0 Å². The summed E-state index contributed by atoms with van der Waals surface area (Å²) in [6, 6.07) is 56.8. The summed E-state index contributed by atoms with van der Waals surface area (Å²) in [7, 11) is 1.38. The number of likely N-dealkylation sites (tertiary alicyclic amines) is 1. The van der Waals surface area contributed by atoms with E-state index in [1.165, 1.54) is 56.8 Å². The summed E-state index contributed by atoms with van der Waals surface area (Å²) >= 11 is 0. The topological polar surface area (TPSA) is 104 Å². The molecule has 1 N–H and O–H groups in total. The first-order valence-corrected chi connectivity index (χ1v) is 25.5. The molecule has 4 amide bonds. The Hall–Kier alpha value is -6.87. The van der Waals surface area contributed by atoms with Crippen LogP contribution in [0.15, 0.2) is 164 Å². The molecule has 0 bridgehead atoms. The predicted octanol–water partition coefficient (Wildman–Crippen LogP) is 12.5. The third kappa shape index (κ3) is 11.9. The minimum atomic E-state index is -0.564. The van der Waals surface area contributed by atoms with E-state index in [0.29, 0.717) is 31.9 Å². The molecule has 0 aliphatic carbocycles. The van der Waals surface area contributed by atoms with Gasteiger partial charge < -0.3 is 14.9 Å². The van der Waals surface area contributed by atoms with Crippen LogP contribution in [0.5, 0.6) is 0 Å². The Morgan fingerprint density at radius 1 is 0.472 bits per heavy atom. The largest absolute Gasteiger partial charge is 0.379 e. The smallest absolute Gasteiger partial charge is 0.331 e. The fourth-order valence-corrected chi connectivity index (χ4v) is 10.6. The molecule has 9 heteroatoms. The number of nitrogens with one attached hydrogen (secondary N) is 1. The van der Waals surface area contributed by atoms with Crippen molar-refractivity contribution in [2.24, 2.45) is 5.41 Å². The van der Waals surface area contributed by atoms with Gasteiger partial charge >= 0.3 is 7.41 Å². The monoisotopic (exact) mass is 961 g/mol. The molecule has 9 rings (SSSR count). The number of imide groups is 1. The van der Waals surface area contributed by atoms with Crippen molar-refractivity contribution in [3.63, 3.8) is 0 Å². The van der Waals surface area contributed by atoms with Crippen molar-refractivity contribution in [1.82, 2.24) is 15.0 Å². The van der Waals surface area contributed by atoms with Crippen molar-refractivity contribution < 1.29 is 24.0 Å². The van der Waals surface area contributed by atoms with Gasteiger partial charge in [-0.2, -0.15) is 0 Å². The molecule has 3 unspecified atom stereocenters. The number of rotatable bonds is 11. The molecular formula is C63H71BN3O5. The van der Waals surface area contributed by atoms with E-state index in [0.717, 1.165) is 18.4 Å². The van der Waals surface area contributed by atoms with Gasteiger partial charge in [-0.25, -0.2) is 0 Å². The summed E-state index contributed by atoms with van der Waals surface area (Å²) < 4.78 is 0. The van der Waals surface area contributed by atoms with Crippen LogP contribution in [-0.4, -0.2) is 65.1 Å². The van der Waals surface area contributed by atoms with E-state index in [9.17, 15) is 24.0 Å². The minimum absolute atomic E-state index is 0.0118. The normalized spacial score (nSPS) is 18.1. The molecular weight excluding hydrogens is 890 g/mol. The Labute approximate surface area is 428 Å². The lowest BCUT2D eigenvalue weighted by molar-refractivity contribution is -0.150. The summed E-state index contributed by atoms with van der Waals surface area (Å²) in [5, 5.41) is 3.10. The molecule has 3 saturated heterocycles. The van der Waals surface area contributed by atoms with Gasteiger partial charge in [-0.05, 0) is 69.3 Å². The average molecular weight is 961 g/mol. The number of hydrogen-bond acceptors (Lipinski definition) is 5. The third-order valence-electron chi connectivity index (χ3n) is 15.3. The average Bonchev–Trinajstić information content (AvgIpc) is 4.13. The lowest BCUT2D eigenvalue weighted by Crippen LogP contribution is -2.51. The fraction of sp³-hybridized carbons (Fsp3) is 0.349. The molecule has 371 valence electrons. The highest BCUT2D eigenvalue weighted by molar-refractivity contribution is 6.66. The Kier molecular flexibility index (Phi) is 16.4. The number of nitrogens with zero attached hydrogens (tertiary/aromatic N) is 2. The lowest BCUT2D eigenvalue weighted by Gasteiger charge is -2.39. The van der Waals surface area contributed by atoms with Crippen LogP contribution in [0.25, 0.3) is 33.4 Å². The van der Waals surface area contributed by atoms with Crippen LogP contribution >= 0.6 is 0 Å². The van der Waals surface area contributed by atoms with Gasteiger partial charge in [0.05, 0.1) is 0 Å². The Balaban J connectivity index is 0.000000160. The second-order valence-corrected chi connectivity index (χ2v) is 22.2. The van der Waals surface area contributed by atoms with Crippen LogP contribution in [0.2, 0.25) is 0 Å². The number of carbonyl (C=O) groups is 5. The van der Waals surface area contributed by atoms with Gasteiger partial charge in [0.15, 0.2) is 0 Å². The summed E-state index contributed by atoms with van der Waals surface area (Å²) in [4.78, 5) is 62.9. The van der Waals surface area contributed by atoms with Crippen molar-refractivity contribution in [1.29, 1.82) is 0 Å². The Bertz CT molecular complexity index is 2800. The molecule has 3 heterocycles. The van der Waals surface area contributed by atoms with Crippen molar-refractivity contribution >= 4 is 37.2 Å². The van der Waals surface area contributed by atoms with Crippen molar-refractivity contribution in [3.05, 3.63) is 180 Å². The minimum Gasteiger partial charge on any atom is -0.379 e. The number of amides is 4. The van der Waals surface area contributed by atoms with Gasteiger partial charge in [-0.15, -0.1) is 0 Å². The first kappa shape index (κ1) is 52.9. The summed E-state index contributed by atoms with van der Waals surface area (Å²) in [5.74, 6) is 0.0768. The van der Waals surface area contributed by atoms with Crippen molar-refractivity contribution in [2.75, 3.05) is 0 Å². The van der Waals surface area contributed by atoms with E-state index in [1.807, 2.05) is 63.2 Å². The van der Waals surface area contributed by atoms with Gasteiger partial charge in [0.2, 0.25) is 23.6 Å². The maximum Gasteiger partial charge on any atom is 0.331 e. The molecule has 0 spiro atoms. The zero-order valence-electron chi connectivity index (χ0n) is 43.7. The van der Waals surface area contributed by atoms with E-state index in [1.54, 1.807) is 4.81 Å². The van der Waals surface area contributed by atoms with Crippen LogP contribution < -0.4 is 5.32 Å². The van der Waals surface area contributed by atoms with Crippen LogP contribution in [0.4, 0.5) is 0 Å². The molecule has 0 aromatic heterocycles. The fourth-order valence-electron chi connectivity index (χ4n) is 10.6. The molecule has 3 fully saturated rings. The maximum atomic E-state index is 12.9. The third-order valence-corrected chi connectivity index (χ3v) is 15.3. The Morgan fingerprint density at radius 2 is 0.833 bits per heavy atom. The summed E-state index contributed by atoms with van der Waals surface area (Å²) in [6.45, 7) is 18.6. The van der Waals surface area contributed by atoms with Crippen LogP contribution in [0.1, 0.15) is 118 Å². The molecule has 3 aliphatic heterocycles. The second-order valence-electron chi connectivity index (χ2n) is 22.2. The molecule has 6 aromatic rings. The van der Waals surface area contributed by atoms with E-state index in [4.69, 9.17) is 0 Å². The Morgan fingerprint density at radius 3 is 1.21 bits per heavy atom. The molecule has 0 saturated carbocycles. The molecule has 1 radical (unpaired) electrons. The van der Waals surface area contributed by atoms with E-state index in [2.05, 4.69) is 168 Å². The SMILES string of the molecule is CC(C)(C)C(=O)N1C(=O)CCC1C(C)(C)c1ccc(-c2ccccc2)cc1.CC(C)(c1ccc(-c2ccccc2)cc1)C1CCC(=O)N1.CC(C)(c1ccc(-c2ccccc2)cc1)C1CCC(=O)N1[B]C=O. The van der Waals surface area contributed by atoms with Gasteiger partial charge in [-0.3, -0.25) is 24.1 Å². The van der Waals surface area contributed by atoms with E-state index < -0.39 is 5.41 Å². The molecule has 72 heavy (non-hydrogen) atoms. The van der Waals surface area contributed by atoms with Crippen molar-refractivity contribution in [2.45, 2.75) is 135 Å². The second kappa shape index (κ2) is 22.3. The highest BCUT2D eigenvalue weighted by Crippen LogP contribution is 2.41. The van der Waals surface area contributed by atoms with Crippen LogP contribution in [-0.2, 0) is 40.2 Å². The van der Waals surface area contributed by atoms with Gasteiger partial charge in [-0.1, -0.05) is 226 Å². The zero-order chi connectivity index (χ0) is 51.8. The first-order chi connectivity index (χ1) is 34.2. The van der Waals surface area contributed by atoms with Crippen LogP contribution in [0.3, 0.4) is 0 Å². The number of carbonyl (C=O) groups excluding carboxylic acids is 5. The molecule has 8 nitrogen and oxygen atoms in total. The van der Waals surface area contributed by atoms with Gasteiger partial charge in [0, 0.05) is 59.0 Å². The highest BCUT2D eigenvalue weighted by Gasteiger charge is 2.47. The van der Waals surface area contributed by atoms with Gasteiger partial charge in [0.1, 0.15) is 6.19 Å². The number of hydrogen-bond donors (Lipinski definition) is 1. The van der Waals surface area contributed by atoms with E-state index in [-0.39, 0.29) is 58.0 Å².